The Morgan fingerprint density at radius 2 is 1.23 bits per heavy atom. The first-order valence-electron chi connectivity index (χ1n) is 19.2. The highest BCUT2D eigenvalue weighted by atomic mass is 32.1. The number of allylic oxidation sites excluding steroid dienone is 6. The Morgan fingerprint density at radius 3 is 2.02 bits per heavy atom. The maximum Gasteiger partial charge on any atom is 0.164 e. The molecular formula is C52H37N3S2. The Hall–Kier alpha value is -6.53. The lowest BCUT2D eigenvalue weighted by Crippen LogP contribution is -2.08. The SMILES string of the molecule is C=C/C=C\c1c(C)sc2ccc(-c3cccc(-c4nc(-c5cccc6sc7ccc(-c8ccc(-c9ccccc9)cc8)cc7c56)nc(C5C=CC=CC5)n4)c3)cc12. The van der Waals surface area contributed by atoms with Crippen molar-refractivity contribution in [1.82, 2.24) is 15.0 Å². The minimum Gasteiger partial charge on any atom is -0.212 e. The van der Waals surface area contributed by atoms with Crippen LogP contribution < -0.4 is 0 Å². The Morgan fingerprint density at radius 1 is 0.579 bits per heavy atom. The molecule has 0 spiro atoms. The molecule has 1 aliphatic carbocycles. The third kappa shape index (κ3) is 6.65. The number of aryl methyl sites for hydroxylation is 1. The van der Waals surface area contributed by atoms with Crippen LogP contribution in [0.5, 0.6) is 0 Å². The average molecular weight is 768 g/mol. The van der Waals surface area contributed by atoms with Crippen LogP contribution in [0.2, 0.25) is 0 Å². The van der Waals surface area contributed by atoms with Crippen LogP contribution in [0, 0.1) is 6.92 Å². The second kappa shape index (κ2) is 14.8. The molecule has 57 heavy (non-hydrogen) atoms. The molecule has 0 saturated heterocycles. The molecule has 0 radical (unpaired) electrons. The van der Waals surface area contributed by atoms with Crippen LogP contribution in [0.1, 0.15) is 28.6 Å². The van der Waals surface area contributed by atoms with Gasteiger partial charge in [0, 0.05) is 52.2 Å². The lowest BCUT2D eigenvalue weighted by atomic mass is 9.97. The van der Waals surface area contributed by atoms with Crippen molar-refractivity contribution in [3.63, 3.8) is 0 Å². The van der Waals surface area contributed by atoms with E-state index < -0.39 is 0 Å². The van der Waals surface area contributed by atoms with Crippen molar-refractivity contribution < 1.29 is 0 Å². The number of aromatic nitrogens is 3. The second-order valence-corrected chi connectivity index (χ2v) is 16.7. The summed E-state index contributed by atoms with van der Waals surface area (Å²) < 4.78 is 3.73. The van der Waals surface area contributed by atoms with Crippen LogP contribution in [-0.4, -0.2) is 15.0 Å². The van der Waals surface area contributed by atoms with Crippen LogP contribution in [0.3, 0.4) is 0 Å². The second-order valence-electron chi connectivity index (χ2n) is 14.4. The van der Waals surface area contributed by atoms with Crippen LogP contribution in [0.4, 0.5) is 0 Å². The van der Waals surface area contributed by atoms with Crippen molar-refractivity contribution in [3.8, 4) is 56.2 Å². The van der Waals surface area contributed by atoms with Gasteiger partial charge in [-0.25, -0.2) is 15.0 Å². The van der Waals surface area contributed by atoms with Gasteiger partial charge in [0.2, 0.25) is 0 Å². The molecule has 10 rings (SSSR count). The fourth-order valence-electron chi connectivity index (χ4n) is 7.89. The minimum atomic E-state index is 0.0637. The molecule has 1 aliphatic rings. The van der Waals surface area contributed by atoms with Gasteiger partial charge in [-0.1, -0.05) is 146 Å². The van der Waals surface area contributed by atoms with E-state index in [-0.39, 0.29) is 5.92 Å². The van der Waals surface area contributed by atoms with Gasteiger partial charge in [0.1, 0.15) is 5.82 Å². The quantitative estimate of drug-likeness (QED) is 0.145. The van der Waals surface area contributed by atoms with E-state index in [0.29, 0.717) is 11.6 Å². The van der Waals surface area contributed by atoms with Gasteiger partial charge < -0.3 is 0 Å². The van der Waals surface area contributed by atoms with Crippen molar-refractivity contribution >= 4 is 59.0 Å². The highest BCUT2D eigenvalue weighted by Crippen LogP contribution is 2.42. The summed E-state index contributed by atoms with van der Waals surface area (Å²) in [6.07, 6.45) is 15.4. The molecule has 0 saturated carbocycles. The maximum atomic E-state index is 5.28. The molecule has 0 amide bonds. The van der Waals surface area contributed by atoms with Gasteiger partial charge in [-0.3, -0.25) is 0 Å². The van der Waals surface area contributed by atoms with Gasteiger partial charge in [0.05, 0.1) is 0 Å². The summed E-state index contributed by atoms with van der Waals surface area (Å²) in [6, 6.07) is 48.1. The predicted molar refractivity (Wildman–Crippen MR) is 245 cm³/mol. The first-order valence-corrected chi connectivity index (χ1v) is 20.9. The summed E-state index contributed by atoms with van der Waals surface area (Å²) >= 11 is 3.64. The van der Waals surface area contributed by atoms with E-state index in [9.17, 15) is 0 Å². The lowest BCUT2D eigenvalue weighted by Gasteiger charge is -2.15. The first kappa shape index (κ1) is 34.9. The van der Waals surface area contributed by atoms with E-state index >= 15 is 0 Å². The van der Waals surface area contributed by atoms with Gasteiger partial charge in [0.25, 0.3) is 0 Å². The van der Waals surface area contributed by atoms with Crippen molar-refractivity contribution in [3.05, 3.63) is 193 Å². The largest absolute Gasteiger partial charge is 0.212 e. The number of benzene rings is 6. The molecule has 272 valence electrons. The van der Waals surface area contributed by atoms with Crippen LogP contribution in [-0.2, 0) is 0 Å². The number of hydrogen-bond acceptors (Lipinski definition) is 5. The van der Waals surface area contributed by atoms with E-state index in [1.165, 1.54) is 63.0 Å². The van der Waals surface area contributed by atoms with Crippen molar-refractivity contribution in [2.75, 3.05) is 0 Å². The summed E-state index contributed by atoms with van der Waals surface area (Å²) in [4.78, 5) is 17.0. The van der Waals surface area contributed by atoms with Crippen molar-refractivity contribution in [2.45, 2.75) is 19.3 Å². The third-order valence-electron chi connectivity index (χ3n) is 10.8. The molecule has 0 aliphatic heterocycles. The molecule has 3 nitrogen and oxygen atoms in total. The smallest absolute Gasteiger partial charge is 0.164 e. The third-order valence-corrected chi connectivity index (χ3v) is 13.0. The Labute approximate surface area is 340 Å². The molecule has 0 N–H and O–H groups in total. The molecule has 0 bridgehead atoms. The lowest BCUT2D eigenvalue weighted by molar-refractivity contribution is 0.764. The molecule has 6 aromatic carbocycles. The highest BCUT2D eigenvalue weighted by molar-refractivity contribution is 7.26. The summed E-state index contributed by atoms with van der Waals surface area (Å²) in [5, 5.41) is 3.64. The van der Waals surface area contributed by atoms with Gasteiger partial charge in [0.15, 0.2) is 11.6 Å². The molecular weight excluding hydrogens is 731 g/mol. The summed E-state index contributed by atoms with van der Waals surface area (Å²) in [6.45, 7) is 6.06. The molecule has 1 atom stereocenters. The number of hydrogen-bond donors (Lipinski definition) is 0. The van der Waals surface area contributed by atoms with Gasteiger partial charge in [-0.05, 0) is 88.7 Å². The number of fused-ring (bicyclic) bond motifs is 4. The zero-order valence-corrected chi connectivity index (χ0v) is 33.0. The number of rotatable bonds is 8. The summed E-state index contributed by atoms with van der Waals surface area (Å²) in [5.74, 6) is 2.22. The van der Waals surface area contributed by atoms with Gasteiger partial charge in [-0.2, -0.15) is 0 Å². The number of nitrogens with zero attached hydrogens (tertiary/aromatic N) is 3. The fraction of sp³-hybridized carbons (Fsp3) is 0.0577. The van der Waals surface area contributed by atoms with Crippen molar-refractivity contribution in [2.24, 2.45) is 0 Å². The first-order chi connectivity index (χ1) is 28.1. The van der Waals surface area contributed by atoms with Gasteiger partial charge >= 0.3 is 0 Å². The van der Waals surface area contributed by atoms with Crippen LogP contribution in [0.25, 0.3) is 92.5 Å². The molecule has 3 heterocycles. The van der Waals surface area contributed by atoms with Crippen molar-refractivity contribution in [1.29, 1.82) is 0 Å². The number of thiophene rings is 2. The van der Waals surface area contributed by atoms with E-state index in [4.69, 9.17) is 15.0 Å². The highest BCUT2D eigenvalue weighted by Gasteiger charge is 2.20. The fourth-order valence-corrected chi connectivity index (χ4v) is 10.0. The van der Waals surface area contributed by atoms with Crippen LogP contribution >= 0.6 is 22.7 Å². The maximum absolute atomic E-state index is 5.28. The summed E-state index contributed by atoms with van der Waals surface area (Å²) in [7, 11) is 0. The molecule has 5 heteroatoms. The molecule has 9 aromatic rings. The van der Waals surface area contributed by atoms with Crippen LogP contribution in [0.15, 0.2) is 176 Å². The predicted octanol–water partition coefficient (Wildman–Crippen LogP) is 14.9. The average Bonchev–Trinajstić information content (AvgIpc) is 3.81. The zero-order chi connectivity index (χ0) is 38.3. The Kier molecular flexibility index (Phi) is 9.10. The molecule has 1 unspecified atom stereocenters. The minimum absolute atomic E-state index is 0.0637. The topological polar surface area (TPSA) is 38.7 Å². The molecule has 0 fully saturated rings. The van der Waals surface area contributed by atoms with E-state index in [0.717, 1.165) is 34.5 Å². The zero-order valence-electron chi connectivity index (χ0n) is 31.4. The normalized spacial score (nSPS) is 14.0. The van der Waals surface area contributed by atoms with E-state index in [1.807, 2.05) is 34.8 Å². The Balaban J connectivity index is 1.09. The van der Waals surface area contributed by atoms with Gasteiger partial charge in [-0.15, -0.1) is 22.7 Å². The molecule has 3 aromatic heterocycles. The monoisotopic (exact) mass is 767 g/mol. The van der Waals surface area contributed by atoms with E-state index in [1.54, 1.807) is 0 Å². The Bertz CT molecular complexity index is 3070. The standard InChI is InChI=1S/C52H37N3S2/c1-3-4-19-42-33(2)56-46-28-27-40(31-44(42)46)38-17-11-18-41(30-38)51-53-50(37-15-9-6-10-16-37)54-52(55-51)43-20-12-21-48-49(43)45-32-39(26-29-47(45)57-48)36-24-22-35(23-25-36)34-13-7-5-8-14-34/h3-15,17-32,37H,1,16H2,2H3/b19-4-. The van der Waals surface area contributed by atoms with E-state index in [2.05, 4.69) is 177 Å². The summed E-state index contributed by atoms with van der Waals surface area (Å²) in [5.41, 5.74) is 10.3.